The van der Waals surface area contributed by atoms with Crippen LogP contribution in [-0.2, 0) is 28.5 Å². The number of fused-ring (bicyclic) bond motifs is 1. The highest BCUT2D eigenvalue weighted by atomic mass is 16.7. The van der Waals surface area contributed by atoms with Gasteiger partial charge in [0.2, 0.25) is 0 Å². The van der Waals surface area contributed by atoms with Crippen LogP contribution in [0.3, 0.4) is 0 Å². The topological polar surface area (TPSA) is 119 Å². The Hall–Kier alpha value is -2.05. The summed E-state index contributed by atoms with van der Waals surface area (Å²) in [4.78, 5) is 28.5. The number of ether oxygens (including phenoxy) is 5. The Morgan fingerprint density at radius 1 is 1.19 bits per heavy atom. The molecule has 2 fully saturated rings. The number of hydrogen-bond acceptors (Lipinski definition) is 10. The van der Waals surface area contributed by atoms with Crippen LogP contribution < -0.4 is 0 Å². The highest BCUT2D eigenvalue weighted by Gasteiger charge is 2.62. The zero-order valence-electron chi connectivity index (χ0n) is 27.1. The molecule has 1 unspecified atom stereocenters. The van der Waals surface area contributed by atoms with E-state index in [1.54, 1.807) is 14.0 Å². The summed E-state index contributed by atoms with van der Waals surface area (Å²) >= 11 is 0. The van der Waals surface area contributed by atoms with Gasteiger partial charge in [-0.15, -0.1) is 0 Å². The molecular weight excluding hydrogens is 542 g/mol. The summed E-state index contributed by atoms with van der Waals surface area (Å²) in [5.41, 5.74) is -0.681. The minimum atomic E-state index is -1.06. The van der Waals surface area contributed by atoms with Gasteiger partial charge < -0.3 is 33.7 Å². The van der Waals surface area contributed by atoms with Crippen LogP contribution in [0.2, 0.25) is 0 Å². The van der Waals surface area contributed by atoms with Gasteiger partial charge in [-0.05, 0) is 67.0 Å². The highest BCUT2D eigenvalue weighted by Crippen LogP contribution is 2.46. The molecule has 42 heavy (non-hydrogen) atoms. The first-order valence-corrected chi connectivity index (χ1v) is 15.3. The van der Waals surface area contributed by atoms with Crippen LogP contribution in [0.15, 0.2) is 16.8 Å². The zero-order chi connectivity index (χ0) is 31.3. The largest absolute Gasteiger partial charge is 0.455 e. The van der Waals surface area contributed by atoms with E-state index in [1.807, 2.05) is 66.6 Å². The van der Waals surface area contributed by atoms with E-state index in [0.29, 0.717) is 24.8 Å². The van der Waals surface area contributed by atoms with Crippen LogP contribution in [0.1, 0.15) is 74.7 Å². The van der Waals surface area contributed by atoms with Gasteiger partial charge in [0.15, 0.2) is 11.9 Å². The van der Waals surface area contributed by atoms with Crippen molar-refractivity contribution in [2.45, 2.75) is 129 Å². The molecule has 11 nitrogen and oxygen atoms in total. The fraction of sp³-hybridized carbons (Fsp3) is 0.839. The average Bonchev–Trinajstić information content (AvgIpc) is 3.40. The van der Waals surface area contributed by atoms with Gasteiger partial charge in [-0.1, -0.05) is 33.8 Å². The normalized spacial score (nSPS) is 46.1. The lowest BCUT2D eigenvalue weighted by Crippen LogP contribution is -2.58. The third-order valence-electron chi connectivity index (χ3n) is 9.92. The van der Waals surface area contributed by atoms with Crippen molar-refractivity contribution < 1.29 is 38.4 Å². The highest BCUT2D eigenvalue weighted by molar-refractivity contribution is 5.94. The summed E-state index contributed by atoms with van der Waals surface area (Å²) in [6.45, 7) is 15.5. The molecule has 4 aliphatic rings. The predicted octanol–water partition coefficient (Wildman–Crippen LogP) is 3.73. The summed E-state index contributed by atoms with van der Waals surface area (Å²) < 4.78 is 31.0. The summed E-state index contributed by atoms with van der Waals surface area (Å²) in [5.74, 6) is -1.05. The number of methoxy groups -OCH3 is 1. The quantitative estimate of drug-likeness (QED) is 0.476. The maximum Gasteiger partial charge on any atom is 0.431 e. The maximum atomic E-state index is 13.5. The number of aliphatic hydroxyl groups is 1. The second-order valence-electron chi connectivity index (χ2n) is 13.4. The molecule has 4 heterocycles. The fourth-order valence-corrected chi connectivity index (χ4v) is 7.67. The van der Waals surface area contributed by atoms with Gasteiger partial charge in [-0.25, -0.2) is 9.59 Å². The van der Waals surface area contributed by atoms with Crippen LogP contribution in [0.5, 0.6) is 0 Å². The average molecular weight is 594 g/mol. The predicted molar refractivity (Wildman–Crippen MR) is 157 cm³/mol. The summed E-state index contributed by atoms with van der Waals surface area (Å²) in [6.07, 6.45) is -0.233. The molecule has 12 atom stereocenters. The van der Waals surface area contributed by atoms with Gasteiger partial charge in [0.25, 0.3) is 0 Å². The van der Waals surface area contributed by atoms with Gasteiger partial charge in [0.05, 0.1) is 17.8 Å². The number of aliphatic hydroxyl groups excluding tert-OH is 1. The molecule has 0 radical (unpaired) electrons. The molecule has 2 saturated heterocycles. The molecule has 0 aromatic heterocycles. The third kappa shape index (κ3) is 5.75. The molecule has 0 aromatic rings. The molecule has 1 N–H and O–H groups in total. The van der Waals surface area contributed by atoms with E-state index in [2.05, 4.69) is 6.92 Å². The molecule has 4 rings (SSSR count). The van der Waals surface area contributed by atoms with Gasteiger partial charge in [0, 0.05) is 36.3 Å². The second kappa shape index (κ2) is 12.1. The van der Waals surface area contributed by atoms with E-state index in [9.17, 15) is 14.7 Å². The lowest BCUT2D eigenvalue weighted by atomic mass is 9.75. The smallest absolute Gasteiger partial charge is 0.431 e. The van der Waals surface area contributed by atoms with Crippen LogP contribution in [0.25, 0.3) is 0 Å². The van der Waals surface area contributed by atoms with Gasteiger partial charge in [-0.3, -0.25) is 0 Å². The Morgan fingerprint density at radius 2 is 1.86 bits per heavy atom. The first-order chi connectivity index (χ1) is 19.6. The second-order valence-corrected chi connectivity index (χ2v) is 13.4. The summed E-state index contributed by atoms with van der Waals surface area (Å²) in [5, 5.41) is 17.5. The van der Waals surface area contributed by atoms with Crippen LogP contribution in [0.4, 0.5) is 4.79 Å². The maximum absolute atomic E-state index is 13.5. The lowest BCUT2D eigenvalue weighted by molar-refractivity contribution is -0.294. The molecule has 4 aliphatic heterocycles. The van der Waals surface area contributed by atoms with Crippen molar-refractivity contribution in [3.8, 4) is 0 Å². The van der Waals surface area contributed by atoms with E-state index >= 15 is 0 Å². The molecule has 11 heteroatoms. The first-order valence-electron chi connectivity index (χ1n) is 15.3. The number of nitrogens with zero attached hydrogens (tertiary/aromatic N) is 3. The number of hydrazone groups is 1. The number of hydrogen-bond donors (Lipinski definition) is 1. The van der Waals surface area contributed by atoms with Crippen molar-refractivity contribution >= 4 is 17.8 Å². The lowest BCUT2D eigenvalue weighted by Gasteiger charge is -2.46. The van der Waals surface area contributed by atoms with Crippen LogP contribution in [-0.4, -0.2) is 108 Å². The van der Waals surface area contributed by atoms with Gasteiger partial charge in [0.1, 0.15) is 18.2 Å². The number of rotatable bonds is 5. The van der Waals surface area contributed by atoms with Gasteiger partial charge >= 0.3 is 12.1 Å². The Kier molecular flexibility index (Phi) is 9.50. The third-order valence-corrected chi connectivity index (χ3v) is 9.92. The van der Waals surface area contributed by atoms with Crippen molar-refractivity contribution in [1.29, 1.82) is 0 Å². The van der Waals surface area contributed by atoms with Crippen molar-refractivity contribution in [1.82, 2.24) is 9.91 Å². The number of esters is 1. The molecule has 0 saturated carbocycles. The van der Waals surface area contributed by atoms with E-state index in [0.717, 1.165) is 5.71 Å². The molecule has 0 aliphatic carbocycles. The van der Waals surface area contributed by atoms with E-state index in [-0.39, 0.29) is 29.9 Å². The van der Waals surface area contributed by atoms with Crippen molar-refractivity contribution in [3.05, 3.63) is 11.6 Å². The minimum Gasteiger partial charge on any atom is -0.455 e. The number of carbonyl (C=O) groups excluding carboxylic acids is 2. The monoisotopic (exact) mass is 593 g/mol. The molecule has 1 amide bonds. The fourth-order valence-electron chi connectivity index (χ4n) is 7.67. The summed E-state index contributed by atoms with van der Waals surface area (Å²) in [6, 6.07) is -0.558. The molecular formula is C31H51N3O8. The van der Waals surface area contributed by atoms with Crippen LogP contribution in [0, 0.1) is 17.8 Å². The van der Waals surface area contributed by atoms with Crippen molar-refractivity contribution in [3.63, 3.8) is 0 Å². The number of likely N-dealkylation sites (N-methyl/N-ethyl adjacent to an activating group) is 1. The number of carbonyl (C=O) groups is 2. The Balaban J connectivity index is 1.78. The van der Waals surface area contributed by atoms with E-state index in [1.165, 1.54) is 5.01 Å². The first kappa shape index (κ1) is 32.9. The Bertz CT molecular complexity index is 1100. The summed E-state index contributed by atoms with van der Waals surface area (Å²) in [7, 11) is 5.52. The van der Waals surface area contributed by atoms with Crippen LogP contribution >= 0.6 is 0 Å². The number of cyclic esters (lactones) is 1. The Labute approximate surface area is 250 Å². The molecule has 238 valence electrons. The van der Waals surface area contributed by atoms with Crippen molar-refractivity contribution in [2.24, 2.45) is 22.9 Å². The number of amides is 1. The van der Waals surface area contributed by atoms with E-state index in [4.69, 9.17) is 28.8 Å². The van der Waals surface area contributed by atoms with Crippen molar-refractivity contribution in [2.75, 3.05) is 21.2 Å². The molecule has 0 spiro atoms. The van der Waals surface area contributed by atoms with Gasteiger partial charge in [-0.2, -0.15) is 10.1 Å². The van der Waals surface area contributed by atoms with E-state index < -0.39 is 53.9 Å². The molecule has 0 aromatic carbocycles. The Morgan fingerprint density at radius 3 is 2.45 bits per heavy atom. The standard InChI is InChI=1S/C31H51N3O8/c1-12-22-31(8)25-20(6)23(32-34(25)29(37)42-31)18(4)15-30(7,38-11)26(16(2)13-17(3)27(36)40-22)41-28-24(35)21(33(9)10)14-19(5)39-28/h13,16,18-22,24-26,28,35H,12,14-15H2,1-11H3/b17-13+/t16-,18+,19+,20-,21-,22?,24+,25+,26+,28-,30+,31+/m0/s1. The minimum absolute atomic E-state index is 0.0906. The molecule has 2 bridgehead atoms. The SMILES string of the molecule is CCC1OC(=O)/C(C)=C/[C@H](C)[C@@H](O[C@@H]2O[C@H](C)C[C@H](N(C)C)[C@H]2O)[C@](C)(OC)C[C@@H](C)C2=NN3C(=O)O[C@@]1(C)[C@H]3[C@H]2C. The zero-order valence-corrected chi connectivity index (χ0v) is 27.1.